The van der Waals surface area contributed by atoms with E-state index in [0.29, 0.717) is 17.3 Å². The molecule has 1 unspecified atom stereocenters. The first kappa shape index (κ1) is 18.8. The van der Waals surface area contributed by atoms with Gasteiger partial charge in [0.1, 0.15) is 0 Å². The standard InChI is InChI=1S/C16H18ClN4O4/c1-10-7-15(25-21-10)20-16(23)24-14(8-13(22)18-2)19-9-11-5-3-4-6-12(11)17/h3-7,14,19H,8-9H2,1-2H3,(H,20,23). The normalized spacial score (nSPS) is 11.6. The van der Waals surface area contributed by atoms with Gasteiger partial charge in [0.05, 0.1) is 12.1 Å². The molecule has 2 rings (SSSR count). The number of nitrogens with zero attached hydrogens (tertiary/aromatic N) is 2. The molecule has 0 saturated carbocycles. The third kappa shape index (κ3) is 6.09. The topological polar surface area (TPSA) is 108 Å². The fourth-order valence-electron chi connectivity index (χ4n) is 1.95. The minimum absolute atomic E-state index is 0.107. The smallest absolute Gasteiger partial charge is 0.415 e. The third-order valence-corrected chi connectivity index (χ3v) is 3.56. The molecule has 0 spiro atoms. The molecular weight excluding hydrogens is 348 g/mol. The molecule has 25 heavy (non-hydrogen) atoms. The zero-order valence-corrected chi connectivity index (χ0v) is 14.5. The van der Waals surface area contributed by atoms with Crippen molar-refractivity contribution in [1.29, 1.82) is 0 Å². The van der Waals surface area contributed by atoms with Crippen molar-refractivity contribution in [2.45, 2.75) is 26.1 Å². The lowest BCUT2D eigenvalue weighted by Crippen LogP contribution is -2.38. The number of aryl methyl sites for hydroxylation is 1. The number of ether oxygens (including phenoxy) is 1. The van der Waals surface area contributed by atoms with E-state index >= 15 is 0 Å². The first-order chi connectivity index (χ1) is 12.0. The van der Waals surface area contributed by atoms with Crippen LogP contribution >= 0.6 is 11.6 Å². The molecule has 0 bridgehead atoms. The van der Waals surface area contributed by atoms with Crippen LogP contribution in [0.15, 0.2) is 34.9 Å². The van der Waals surface area contributed by atoms with Gasteiger partial charge in [-0.1, -0.05) is 35.0 Å². The van der Waals surface area contributed by atoms with Gasteiger partial charge >= 0.3 is 6.09 Å². The number of aromatic nitrogens is 1. The number of hydrogen-bond acceptors (Lipinski definition) is 6. The van der Waals surface area contributed by atoms with Crippen LogP contribution in [0.4, 0.5) is 10.7 Å². The van der Waals surface area contributed by atoms with Crippen LogP contribution in [-0.2, 0) is 16.1 Å². The maximum Gasteiger partial charge on any atom is 0.415 e. The number of amides is 2. The third-order valence-electron chi connectivity index (χ3n) is 3.19. The number of hydrogen-bond donors (Lipinski definition) is 2. The average molecular weight is 366 g/mol. The summed E-state index contributed by atoms with van der Waals surface area (Å²) < 4.78 is 10.1. The Balaban J connectivity index is 1.95. The monoisotopic (exact) mass is 365 g/mol. The SMILES string of the molecule is C[N]C(=O)CC(NCc1ccccc1Cl)OC(=O)Nc1cc(C)no1. The van der Waals surface area contributed by atoms with E-state index in [4.69, 9.17) is 20.9 Å². The van der Waals surface area contributed by atoms with Crippen LogP contribution in [0.2, 0.25) is 5.02 Å². The molecule has 0 aliphatic rings. The Morgan fingerprint density at radius 3 is 2.80 bits per heavy atom. The van der Waals surface area contributed by atoms with Gasteiger partial charge in [-0.2, -0.15) is 0 Å². The molecule has 0 saturated heterocycles. The van der Waals surface area contributed by atoms with Crippen molar-refractivity contribution in [3.63, 3.8) is 0 Å². The Morgan fingerprint density at radius 1 is 1.40 bits per heavy atom. The molecule has 1 radical (unpaired) electrons. The van der Waals surface area contributed by atoms with E-state index in [1.54, 1.807) is 19.1 Å². The molecular formula is C16H18ClN4O4. The molecule has 0 aliphatic carbocycles. The zero-order chi connectivity index (χ0) is 18.2. The van der Waals surface area contributed by atoms with Gasteiger partial charge in [-0.25, -0.2) is 4.79 Å². The summed E-state index contributed by atoms with van der Waals surface area (Å²) in [6.45, 7) is 2.03. The lowest BCUT2D eigenvalue weighted by Gasteiger charge is -2.18. The second kappa shape index (κ2) is 9.05. The van der Waals surface area contributed by atoms with Gasteiger partial charge in [0.15, 0.2) is 6.23 Å². The Morgan fingerprint density at radius 2 is 2.16 bits per heavy atom. The van der Waals surface area contributed by atoms with Crippen molar-refractivity contribution in [3.05, 3.63) is 46.6 Å². The molecule has 1 aromatic heterocycles. The largest absolute Gasteiger partial charge is 0.430 e. The van der Waals surface area contributed by atoms with Crippen LogP contribution in [0, 0.1) is 6.92 Å². The lowest BCUT2D eigenvalue weighted by molar-refractivity contribution is -0.123. The first-order valence-electron chi connectivity index (χ1n) is 7.48. The van der Waals surface area contributed by atoms with E-state index in [-0.39, 0.29) is 12.3 Å². The van der Waals surface area contributed by atoms with Gasteiger partial charge in [0.2, 0.25) is 11.8 Å². The van der Waals surface area contributed by atoms with E-state index in [2.05, 4.69) is 21.1 Å². The minimum Gasteiger partial charge on any atom is -0.430 e. The van der Waals surface area contributed by atoms with Crippen LogP contribution in [0.1, 0.15) is 17.7 Å². The van der Waals surface area contributed by atoms with Crippen molar-refractivity contribution in [2.75, 3.05) is 12.4 Å². The summed E-state index contributed by atoms with van der Waals surface area (Å²) in [7, 11) is 1.38. The van der Waals surface area contributed by atoms with Gasteiger partial charge in [-0.15, -0.1) is 0 Å². The summed E-state index contributed by atoms with van der Waals surface area (Å²) in [5.41, 5.74) is 1.42. The summed E-state index contributed by atoms with van der Waals surface area (Å²) >= 11 is 6.09. The number of carbonyl (C=O) groups excluding carboxylic acids is 2. The molecule has 2 aromatic rings. The van der Waals surface area contributed by atoms with Gasteiger partial charge < -0.3 is 9.26 Å². The molecule has 133 valence electrons. The van der Waals surface area contributed by atoms with Crippen molar-refractivity contribution in [3.8, 4) is 0 Å². The Labute approximate surface area is 149 Å². The number of nitrogens with one attached hydrogen (secondary N) is 2. The molecule has 2 N–H and O–H groups in total. The van der Waals surface area contributed by atoms with Gasteiger partial charge in [-0.3, -0.25) is 20.7 Å². The summed E-state index contributed by atoms with van der Waals surface area (Å²) in [5, 5.41) is 13.1. The van der Waals surface area contributed by atoms with Crippen LogP contribution in [0.25, 0.3) is 0 Å². The minimum atomic E-state index is -0.878. The van der Waals surface area contributed by atoms with Gasteiger partial charge in [-0.05, 0) is 18.6 Å². The fraction of sp³-hybridized carbons (Fsp3) is 0.312. The molecule has 1 atom stereocenters. The molecule has 1 heterocycles. The van der Waals surface area contributed by atoms with Crippen molar-refractivity contribution >= 4 is 29.5 Å². The van der Waals surface area contributed by atoms with E-state index < -0.39 is 18.2 Å². The predicted molar refractivity (Wildman–Crippen MR) is 91.1 cm³/mol. The lowest BCUT2D eigenvalue weighted by atomic mass is 10.2. The number of rotatable bonds is 7. The number of anilines is 1. The zero-order valence-electron chi connectivity index (χ0n) is 13.8. The van der Waals surface area contributed by atoms with E-state index in [1.807, 2.05) is 18.2 Å². The van der Waals surface area contributed by atoms with Gasteiger partial charge in [0, 0.05) is 24.7 Å². The van der Waals surface area contributed by atoms with E-state index in [1.165, 1.54) is 7.05 Å². The fourth-order valence-corrected chi connectivity index (χ4v) is 2.16. The van der Waals surface area contributed by atoms with Crippen molar-refractivity contribution < 1.29 is 18.8 Å². The quantitative estimate of drug-likeness (QED) is 0.730. The van der Waals surface area contributed by atoms with Crippen LogP contribution in [0.3, 0.4) is 0 Å². The summed E-state index contributed by atoms with van der Waals surface area (Å²) in [5.74, 6) is -0.251. The Hall–Kier alpha value is -2.58. The van der Waals surface area contributed by atoms with Crippen LogP contribution < -0.4 is 16.0 Å². The average Bonchev–Trinajstić information content (AvgIpc) is 2.98. The second-order valence-electron chi connectivity index (χ2n) is 5.15. The molecule has 0 fully saturated rings. The first-order valence-corrected chi connectivity index (χ1v) is 7.86. The van der Waals surface area contributed by atoms with Crippen LogP contribution in [0.5, 0.6) is 0 Å². The predicted octanol–water partition coefficient (Wildman–Crippen LogP) is 2.45. The highest BCUT2D eigenvalue weighted by Crippen LogP contribution is 2.15. The number of carbonyl (C=O) groups is 2. The molecule has 9 heteroatoms. The molecule has 0 aliphatic heterocycles. The van der Waals surface area contributed by atoms with E-state index in [0.717, 1.165) is 5.56 Å². The Bertz CT molecular complexity index is 734. The second-order valence-corrected chi connectivity index (χ2v) is 5.55. The maximum absolute atomic E-state index is 12.0. The highest BCUT2D eigenvalue weighted by atomic mass is 35.5. The van der Waals surface area contributed by atoms with Gasteiger partial charge in [0.25, 0.3) is 0 Å². The summed E-state index contributed by atoms with van der Waals surface area (Å²) in [4.78, 5) is 23.5. The van der Waals surface area contributed by atoms with Crippen molar-refractivity contribution in [2.24, 2.45) is 0 Å². The maximum atomic E-state index is 12.0. The molecule has 1 aromatic carbocycles. The summed E-state index contributed by atoms with van der Waals surface area (Å²) in [6.07, 6.45) is -1.77. The van der Waals surface area contributed by atoms with Crippen molar-refractivity contribution in [1.82, 2.24) is 15.8 Å². The number of halogens is 1. The number of benzene rings is 1. The highest BCUT2D eigenvalue weighted by Gasteiger charge is 2.19. The molecule has 8 nitrogen and oxygen atoms in total. The van der Waals surface area contributed by atoms with E-state index in [9.17, 15) is 9.59 Å². The molecule has 2 amide bonds. The highest BCUT2D eigenvalue weighted by molar-refractivity contribution is 6.31. The Kier molecular flexibility index (Phi) is 6.79. The van der Waals surface area contributed by atoms with Crippen LogP contribution in [-0.4, -0.2) is 30.4 Å². The summed E-state index contributed by atoms with van der Waals surface area (Å²) in [6, 6.07) is 8.77.